The van der Waals surface area contributed by atoms with E-state index in [2.05, 4.69) is 0 Å². The molecule has 3 N–H and O–H groups in total. The molecule has 0 amide bonds. The molecule has 0 saturated heterocycles. The Morgan fingerprint density at radius 2 is 1.67 bits per heavy atom. The molecule has 0 aliphatic rings. The minimum absolute atomic E-state index is 0. The summed E-state index contributed by atoms with van der Waals surface area (Å²) in [6.45, 7) is 0.472. The van der Waals surface area contributed by atoms with Crippen molar-refractivity contribution in [3.05, 3.63) is 7.43 Å². The molecule has 0 radical (unpaired) electrons. The second-order valence-corrected chi connectivity index (χ2v) is 0.512. The first-order chi connectivity index (χ1) is 1.91. The van der Waals surface area contributed by atoms with Crippen LogP contribution in [-0.2, 0) is 21.1 Å². The summed E-state index contributed by atoms with van der Waals surface area (Å²) in [6.07, 6.45) is 0. The molecule has 0 heterocycles. The van der Waals surface area contributed by atoms with Crippen LogP contribution in [0.15, 0.2) is 0 Å². The molecule has 0 aliphatic heterocycles. The molecule has 0 aromatic carbocycles. The normalized spacial score (nSPS) is 5.00. The van der Waals surface area contributed by atoms with Crippen molar-refractivity contribution in [3.63, 3.8) is 0 Å². The molecule has 0 spiro atoms. The van der Waals surface area contributed by atoms with E-state index in [0.717, 1.165) is 0 Å². The van der Waals surface area contributed by atoms with Crippen molar-refractivity contribution in [2.75, 3.05) is 13.2 Å². The van der Waals surface area contributed by atoms with Crippen molar-refractivity contribution in [2.45, 2.75) is 0 Å². The van der Waals surface area contributed by atoms with Crippen molar-refractivity contribution < 1.29 is 26.2 Å². The summed E-state index contributed by atoms with van der Waals surface area (Å²) < 4.78 is 0. The minimum Gasteiger partial charge on any atom is -0.395 e. The average Bonchev–Trinajstić information content (AvgIpc) is 1.37. The Bertz CT molecular complexity index is 12.8. The monoisotopic (exact) mass is 271 g/mol. The van der Waals surface area contributed by atoms with E-state index in [1.807, 2.05) is 0 Å². The van der Waals surface area contributed by atoms with E-state index in [1.54, 1.807) is 0 Å². The van der Waals surface area contributed by atoms with Gasteiger partial charge in [-0.25, -0.2) is 0 Å². The maximum absolute atomic E-state index is 7.75. The van der Waals surface area contributed by atoms with Crippen LogP contribution in [0.25, 0.3) is 0 Å². The zero-order valence-electron chi connectivity index (χ0n) is 3.76. The van der Waals surface area contributed by atoms with E-state index in [0.29, 0.717) is 6.54 Å². The van der Waals surface area contributed by atoms with Crippen LogP contribution in [0.3, 0.4) is 0 Å². The van der Waals surface area contributed by atoms with Crippen LogP contribution >= 0.6 is 0 Å². The molecule has 0 saturated carbocycles. The molecule has 6 heavy (non-hydrogen) atoms. The predicted molar refractivity (Wildman–Crippen MR) is 22.6 cm³/mol. The predicted octanol–water partition coefficient (Wildman–Crippen LogP) is -0.615. The van der Waals surface area contributed by atoms with Gasteiger partial charge < -0.3 is 18.3 Å². The van der Waals surface area contributed by atoms with Crippen LogP contribution in [0.2, 0.25) is 0 Å². The first kappa shape index (κ1) is 16.0. The molecule has 0 aromatic heterocycles. The maximum Gasteiger partial charge on any atom is 0.0553 e. The molecule has 0 rings (SSSR count). The third kappa shape index (κ3) is 23.2. The van der Waals surface area contributed by atoms with Gasteiger partial charge in [0.15, 0.2) is 0 Å². The van der Waals surface area contributed by atoms with E-state index in [9.17, 15) is 0 Å². The molecular formula is C3H10NOPt-. The zero-order chi connectivity index (χ0) is 3.41. The van der Waals surface area contributed by atoms with Gasteiger partial charge in [-0.05, 0) is 0 Å². The number of nitrogens with two attached hydrogens (primary N) is 1. The number of aliphatic hydroxyl groups is 1. The van der Waals surface area contributed by atoms with E-state index in [4.69, 9.17) is 10.8 Å². The standard InChI is InChI=1S/C2H7NO.CH3.Pt/c3-1-2-4;;/h4H,1-3H2;1H3;/q;-1;. The Morgan fingerprint density at radius 1 is 1.50 bits per heavy atom. The fraction of sp³-hybridized carbons (Fsp3) is 0.667. The van der Waals surface area contributed by atoms with Gasteiger partial charge in [0.2, 0.25) is 0 Å². The van der Waals surface area contributed by atoms with Gasteiger partial charge in [-0.3, -0.25) is 0 Å². The van der Waals surface area contributed by atoms with Crippen molar-refractivity contribution in [1.82, 2.24) is 0 Å². The van der Waals surface area contributed by atoms with Crippen LogP contribution in [0.1, 0.15) is 0 Å². The zero-order valence-corrected chi connectivity index (χ0v) is 6.03. The van der Waals surface area contributed by atoms with E-state index < -0.39 is 0 Å². The van der Waals surface area contributed by atoms with Crippen LogP contribution in [0.5, 0.6) is 0 Å². The Labute approximate surface area is 53.0 Å². The van der Waals surface area contributed by atoms with Crippen LogP contribution in [0, 0.1) is 7.43 Å². The molecular weight excluding hydrogens is 261 g/mol. The van der Waals surface area contributed by atoms with Crippen LogP contribution < -0.4 is 5.73 Å². The summed E-state index contributed by atoms with van der Waals surface area (Å²) >= 11 is 0. The van der Waals surface area contributed by atoms with Gasteiger partial charge in [0.1, 0.15) is 0 Å². The smallest absolute Gasteiger partial charge is 0.0553 e. The molecule has 0 aliphatic carbocycles. The largest absolute Gasteiger partial charge is 0.395 e. The van der Waals surface area contributed by atoms with Crippen molar-refractivity contribution in [2.24, 2.45) is 5.73 Å². The van der Waals surface area contributed by atoms with Crippen molar-refractivity contribution >= 4 is 0 Å². The molecule has 0 bridgehead atoms. The summed E-state index contributed by atoms with van der Waals surface area (Å²) in [5, 5.41) is 7.75. The summed E-state index contributed by atoms with van der Waals surface area (Å²) in [5.74, 6) is 0. The molecule has 3 heteroatoms. The van der Waals surface area contributed by atoms with Gasteiger partial charge in [0.05, 0.1) is 6.61 Å². The Kier molecular flexibility index (Phi) is 46.6. The Hall–Kier alpha value is 0.608. The molecule has 0 atom stereocenters. The van der Waals surface area contributed by atoms with Gasteiger partial charge in [-0.1, -0.05) is 0 Å². The summed E-state index contributed by atoms with van der Waals surface area (Å²) in [5.41, 5.74) is 4.78. The Morgan fingerprint density at radius 3 is 1.67 bits per heavy atom. The van der Waals surface area contributed by atoms with E-state index in [1.165, 1.54) is 0 Å². The molecule has 0 unspecified atom stereocenters. The van der Waals surface area contributed by atoms with Gasteiger partial charge in [0, 0.05) is 27.6 Å². The maximum atomic E-state index is 7.75. The fourth-order valence-electron chi connectivity index (χ4n) is 0. The van der Waals surface area contributed by atoms with Gasteiger partial charge in [-0.2, -0.15) is 0 Å². The molecule has 0 fully saturated rings. The average molecular weight is 271 g/mol. The second-order valence-electron chi connectivity index (χ2n) is 0.512. The Balaban J connectivity index is -0.0000000450. The second kappa shape index (κ2) is 17.5. The SMILES string of the molecule is NCCO.[CH3-].[Pt]. The summed E-state index contributed by atoms with van der Waals surface area (Å²) in [6, 6.07) is 0. The minimum atomic E-state index is 0. The number of hydrogen-bond donors (Lipinski definition) is 2. The fourth-order valence-corrected chi connectivity index (χ4v) is 0. The number of hydrogen-bond acceptors (Lipinski definition) is 2. The third-order valence-electron chi connectivity index (χ3n) is 0.129. The number of rotatable bonds is 1. The van der Waals surface area contributed by atoms with Crippen LogP contribution in [-0.4, -0.2) is 18.3 Å². The van der Waals surface area contributed by atoms with E-state index in [-0.39, 0.29) is 35.1 Å². The quantitative estimate of drug-likeness (QED) is 0.625. The molecule has 0 aromatic rings. The van der Waals surface area contributed by atoms with Crippen molar-refractivity contribution in [1.29, 1.82) is 0 Å². The summed E-state index contributed by atoms with van der Waals surface area (Å²) in [7, 11) is 0. The number of aliphatic hydroxyl groups excluding tert-OH is 1. The van der Waals surface area contributed by atoms with Gasteiger partial charge in [-0.15, -0.1) is 0 Å². The first-order valence-corrected chi connectivity index (χ1v) is 1.22. The van der Waals surface area contributed by atoms with E-state index >= 15 is 0 Å². The first-order valence-electron chi connectivity index (χ1n) is 1.22. The molecule has 2 nitrogen and oxygen atoms in total. The topological polar surface area (TPSA) is 46.2 Å². The van der Waals surface area contributed by atoms with Crippen LogP contribution in [0.4, 0.5) is 0 Å². The third-order valence-corrected chi connectivity index (χ3v) is 0.129. The summed E-state index contributed by atoms with van der Waals surface area (Å²) in [4.78, 5) is 0. The van der Waals surface area contributed by atoms with Crippen molar-refractivity contribution in [3.8, 4) is 0 Å². The van der Waals surface area contributed by atoms with Gasteiger partial charge >= 0.3 is 0 Å². The molecule has 44 valence electrons. The van der Waals surface area contributed by atoms with Gasteiger partial charge in [0.25, 0.3) is 0 Å².